The average molecular weight is 461 g/mol. The second-order valence-corrected chi connectivity index (χ2v) is 9.87. The van der Waals surface area contributed by atoms with Crippen molar-refractivity contribution in [3.05, 3.63) is 53.6 Å². The summed E-state index contributed by atoms with van der Waals surface area (Å²) in [5.74, 6) is -0.415. The second-order valence-electron chi connectivity index (χ2n) is 7.14. The maximum absolute atomic E-state index is 12.8. The zero-order valence-electron chi connectivity index (χ0n) is 17.5. The van der Waals surface area contributed by atoms with E-state index in [1.54, 1.807) is 0 Å². The maximum Gasteiger partial charge on any atom is 0.242 e. The molecule has 0 aliphatic carbocycles. The quantitative estimate of drug-likeness (QED) is 0.686. The summed E-state index contributed by atoms with van der Waals surface area (Å²) in [6.07, 6.45) is 0.0249. The van der Waals surface area contributed by atoms with Crippen LogP contribution in [0.25, 0.3) is 0 Å². The predicted molar refractivity (Wildman–Crippen MR) is 123 cm³/mol. The summed E-state index contributed by atoms with van der Waals surface area (Å²) in [6.45, 7) is 6.08. The number of carbonyl (C=O) groups excluding carboxylic acids is 2. The highest BCUT2D eigenvalue weighted by molar-refractivity contribution is 8.15. The highest BCUT2D eigenvalue weighted by atomic mass is 32.2. The van der Waals surface area contributed by atoms with Crippen molar-refractivity contribution in [3.8, 4) is 0 Å². The van der Waals surface area contributed by atoms with Gasteiger partial charge >= 0.3 is 0 Å². The Morgan fingerprint density at radius 3 is 2.32 bits per heavy atom. The van der Waals surface area contributed by atoms with Crippen LogP contribution in [0.1, 0.15) is 24.5 Å². The first-order valence-electron chi connectivity index (χ1n) is 9.65. The van der Waals surface area contributed by atoms with E-state index in [0.717, 1.165) is 16.8 Å². The van der Waals surface area contributed by atoms with Gasteiger partial charge in [0.2, 0.25) is 21.8 Å². The lowest BCUT2D eigenvalue weighted by molar-refractivity contribution is -0.128. The van der Waals surface area contributed by atoms with Crippen LogP contribution < -0.4 is 10.5 Å². The molecule has 0 spiro atoms. The number of nitrogens with two attached hydrogens (primary N) is 1. The lowest BCUT2D eigenvalue weighted by atomic mass is 10.1. The van der Waals surface area contributed by atoms with Gasteiger partial charge < -0.3 is 5.32 Å². The number of nitrogens with one attached hydrogen (secondary N) is 1. The van der Waals surface area contributed by atoms with Crippen molar-refractivity contribution >= 4 is 50.1 Å². The number of sulfonamides is 1. The van der Waals surface area contributed by atoms with Crippen LogP contribution in [-0.4, -0.2) is 42.1 Å². The predicted octanol–water partition coefficient (Wildman–Crippen LogP) is 2.93. The third kappa shape index (κ3) is 5.33. The topological polar surface area (TPSA) is 122 Å². The first kappa shape index (κ1) is 23.0. The molecule has 31 heavy (non-hydrogen) atoms. The van der Waals surface area contributed by atoms with Gasteiger partial charge in [-0.2, -0.15) is 0 Å². The zero-order chi connectivity index (χ0) is 22.8. The van der Waals surface area contributed by atoms with E-state index in [1.807, 2.05) is 39.0 Å². The molecule has 1 saturated heterocycles. The first-order chi connectivity index (χ1) is 14.6. The Morgan fingerprint density at radius 1 is 1.16 bits per heavy atom. The number of aryl methyl sites for hydroxylation is 2. The summed E-state index contributed by atoms with van der Waals surface area (Å²) in [5, 5.41) is 7.92. The minimum Gasteiger partial charge on any atom is -0.326 e. The lowest BCUT2D eigenvalue weighted by Crippen LogP contribution is -2.33. The number of hydrogen-bond acceptors (Lipinski definition) is 6. The SMILES string of the molecule is CCN1C(=O)[C@@H](CC(=O)Nc2c(C)cccc2C)SC1=Nc1ccc(S(N)(=O)=O)cc1. The van der Waals surface area contributed by atoms with Gasteiger partial charge in [-0.3, -0.25) is 14.5 Å². The molecule has 0 aromatic heterocycles. The van der Waals surface area contributed by atoms with Crippen LogP contribution in [0, 0.1) is 13.8 Å². The molecule has 0 radical (unpaired) electrons. The van der Waals surface area contributed by atoms with E-state index < -0.39 is 15.3 Å². The molecule has 3 N–H and O–H groups in total. The van der Waals surface area contributed by atoms with E-state index >= 15 is 0 Å². The molecule has 2 amide bonds. The first-order valence-corrected chi connectivity index (χ1v) is 12.1. The number of primary sulfonamides is 1. The molecule has 164 valence electrons. The molecule has 2 aromatic carbocycles. The van der Waals surface area contributed by atoms with Crippen molar-refractivity contribution in [2.75, 3.05) is 11.9 Å². The molecule has 0 bridgehead atoms. The molecular formula is C21H24N4O4S2. The van der Waals surface area contributed by atoms with Gasteiger partial charge in [-0.1, -0.05) is 30.0 Å². The fourth-order valence-corrected chi connectivity index (χ4v) is 4.94. The molecule has 3 rings (SSSR count). The van der Waals surface area contributed by atoms with Gasteiger partial charge in [-0.15, -0.1) is 0 Å². The van der Waals surface area contributed by atoms with Gasteiger partial charge in [0, 0.05) is 18.7 Å². The summed E-state index contributed by atoms with van der Waals surface area (Å²) in [7, 11) is -3.79. The number of amides is 2. The molecule has 0 saturated carbocycles. The number of nitrogens with zero attached hydrogens (tertiary/aromatic N) is 2. The van der Waals surface area contributed by atoms with Gasteiger partial charge in [0.15, 0.2) is 5.17 Å². The van der Waals surface area contributed by atoms with E-state index in [2.05, 4.69) is 10.3 Å². The number of rotatable bonds is 6. The summed E-state index contributed by atoms with van der Waals surface area (Å²) >= 11 is 1.23. The van der Waals surface area contributed by atoms with E-state index in [0.29, 0.717) is 17.4 Å². The van der Waals surface area contributed by atoms with Crippen molar-refractivity contribution in [1.29, 1.82) is 0 Å². The van der Waals surface area contributed by atoms with E-state index in [1.165, 1.54) is 40.9 Å². The minimum absolute atomic E-state index is 0.0139. The summed E-state index contributed by atoms with van der Waals surface area (Å²) in [4.78, 5) is 31.4. The van der Waals surface area contributed by atoms with Crippen LogP contribution in [0.3, 0.4) is 0 Å². The van der Waals surface area contributed by atoms with Gasteiger partial charge in [0.05, 0.1) is 10.6 Å². The number of benzene rings is 2. The van der Waals surface area contributed by atoms with Gasteiger partial charge in [-0.05, 0) is 56.2 Å². The normalized spacial score (nSPS) is 17.9. The number of anilines is 1. The smallest absolute Gasteiger partial charge is 0.242 e. The molecule has 10 heteroatoms. The maximum atomic E-state index is 12.8. The number of hydrogen-bond donors (Lipinski definition) is 2. The highest BCUT2D eigenvalue weighted by Gasteiger charge is 2.38. The van der Waals surface area contributed by atoms with Crippen molar-refractivity contribution < 1.29 is 18.0 Å². The van der Waals surface area contributed by atoms with Crippen LogP contribution in [0.5, 0.6) is 0 Å². The van der Waals surface area contributed by atoms with Crippen molar-refractivity contribution in [1.82, 2.24) is 4.90 Å². The highest BCUT2D eigenvalue weighted by Crippen LogP contribution is 2.32. The van der Waals surface area contributed by atoms with Crippen LogP contribution in [0.2, 0.25) is 0 Å². The number of amidine groups is 1. The van der Waals surface area contributed by atoms with Gasteiger partial charge in [0.25, 0.3) is 0 Å². The zero-order valence-corrected chi connectivity index (χ0v) is 19.1. The fraction of sp³-hybridized carbons (Fsp3) is 0.286. The van der Waals surface area contributed by atoms with Gasteiger partial charge in [-0.25, -0.2) is 18.5 Å². The van der Waals surface area contributed by atoms with Crippen molar-refractivity contribution in [2.45, 2.75) is 37.3 Å². The van der Waals surface area contributed by atoms with E-state index in [-0.39, 0.29) is 23.1 Å². The van der Waals surface area contributed by atoms with Crippen LogP contribution >= 0.6 is 11.8 Å². The number of para-hydroxylation sites is 1. The standard InChI is InChI=1S/C21H24N4O4S2/c1-4-25-20(27)17(12-18(26)24-19-13(2)6-5-7-14(19)3)30-21(25)23-15-8-10-16(11-9-15)31(22,28)29/h5-11,17H,4,12H2,1-3H3,(H,24,26)(H2,22,28,29)/t17-/m1/s1. The Hall–Kier alpha value is -2.69. The van der Waals surface area contributed by atoms with Crippen LogP contribution in [0.15, 0.2) is 52.4 Å². The Balaban J connectivity index is 1.75. The number of aliphatic imine (C=N–C) groups is 1. The van der Waals surface area contributed by atoms with E-state index in [9.17, 15) is 18.0 Å². The Labute approximate surface area is 186 Å². The minimum atomic E-state index is -3.79. The molecule has 1 aliphatic rings. The van der Waals surface area contributed by atoms with Crippen LogP contribution in [0.4, 0.5) is 11.4 Å². The Bertz CT molecular complexity index is 1120. The number of thioether (sulfide) groups is 1. The number of carbonyl (C=O) groups is 2. The molecule has 1 heterocycles. The molecule has 8 nitrogen and oxygen atoms in total. The Morgan fingerprint density at radius 2 is 1.77 bits per heavy atom. The van der Waals surface area contributed by atoms with Crippen molar-refractivity contribution in [3.63, 3.8) is 0 Å². The fourth-order valence-electron chi connectivity index (χ4n) is 3.21. The molecule has 1 fully saturated rings. The average Bonchev–Trinajstić information content (AvgIpc) is 2.98. The summed E-state index contributed by atoms with van der Waals surface area (Å²) in [6, 6.07) is 11.5. The van der Waals surface area contributed by atoms with E-state index in [4.69, 9.17) is 5.14 Å². The summed E-state index contributed by atoms with van der Waals surface area (Å²) in [5.41, 5.74) is 3.17. The van der Waals surface area contributed by atoms with Gasteiger partial charge in [0.1, 0.15) is 5.25 Å². The molecule has 1 atom stereocenters. The second kappa shape index (κ2) is 9.21. The molecule has 2 aromatic rings. The van der Waals surface area contributed by atoms with Crippen molar-refractivity contribution in [2.24, 2.45) is 10.1 Å². The largest absolute Gasteiger partial charge is 0.326 e. The molecular weight excluding hydrogens is 436 g/mol. The Kier molecular flexibility index (Phi) is 6.83. The third-order valence-corrected chi connectivity index (χ3v) is 6.95. The van der Waals surface area contributed by atoms with Crippen LogP contribution in [-0.2, 0) is 19.6 Å². The summed E-state index contributed by atoms with van der Waals surface area (Å²) < 4.78 is 22.8. The molecule has 1 aliphatic heterocycles. The lowest BCUT2D eigenvalue weighted by Gasteiger charge is -2.14. The third-order valence-electron chi connectivity index (χ3n) is 4.84. The molecule has 0 unspecified atom stereocenters. The monoisotopic (exact) mass is 460 g/mol.